The molecule has 362 valence electrons. The fraction of sp³-hybridized carbons (Fsp3) is 0.927. The predicted octanol–water partition coefficient (Wildman–Crippen LogP) is 16.5. The summed E-state index contributed by atoms with van der Waals surface area (Å²) in [5.41, 5.74) is 0. The van der Waals surface area contributed by atoms with Gasteiger partial charge in [-0.1, -0.05) is 251 Å². The summed E-state index contributed by atoms with van der Waals surface area (Å²) in [7, 11) is 0. The van der Waals surface area contributed by atoms with Gasteiger partial charge in [0.25, 0.3) is 0 Å². The molecule has 0 spiro atoms. The van der Waals surface area contributed by atoms with Crippen molar-refractivity contribution in [1.29, 1.82) is 0 Å². The number of esters is 1. The van der Waals surface area contributed by atoms with E-state index in [0.717, 1.165) is 57.8 Å². The zero-order valence-electron chi connectivity index (χ0n) is 41.2. The van der Waals surface area contributed by atoms with Gasteiger partial charge in [-0.05, 0) is 51.4 Å². The maximum absolute atomic E-state index is 12.5. The molecule has 0 radical (unpaired) electrons. The summed E-state index contributed by atoms with van der Waals surface area (Å²) in [4.78, 5) is 24.5. The van der Waals surface area contributed by atoms with Crippen molar-refractivity contribution in [2.24, 2.45) is 0 Å². The molecule has 2 unspecified atom stereocenters. The van der Waals surface area contributed by atoms with E-state index in [1.807, 2.05) is 0 Å². The number of ether oxygens (including phenoxy) is 1. The molecule has 6 heteroatoms. The molecule has 0 rings (SSSR count). The van der Waals surface area contributed by atoms with Crippen LogP contribution < -0.4 is 5.32 Å². The molecule has 0 aromatic heterocycles. The Morgan fingerprint density at radius 2 is 0.770 bits per heavy atom. The number of hydrogen-bond donors (Lipinski definition) is 3. The lowest BCUT2D eigenvalue weighted by Gasteiger charge is -2.22. The Balaban J connectivity index is 3.44. The highest BCUT2D eigenvalue weighted by atomic mass is 16.5. The SMILES string of the molecule is CCCCCCCC/C=C\CCCCCCCCCC(=O)OCCCCCCCCCCCCCCC(=O)NC(CO)C(O)CCCCCCCCCCCCCCCCC. The molecular weight excluding hydrogens is 755 g/mol. The number of allylic oxidation sites excluding steroid dienone is 2. The molecule has 0 saturated heterocycles. The highest BCUT2D eigenvalue weighted by Gasteiger charge is 2.20. The van der Waals surface area contributed by atoms with E-state index in [9.17, 15) is 19.8 Å². The predicted molar refractivity (Wildman–Crippen MR) is 264 cm³/mol. The van der Waals surface area contributed by atoms with Gasteiger partial charge in [-0.25, -0.2) is 0 Å². The van der Waals surface area contributed by atoms with Crippen molar-refractivity contribution < 1.29 is 24.5 Å². The van der Waals surface area contributed by atoms with Crippen molar-refractivity contribution in [3.63, 3.8) is 0 Å². The number of aliphatic hydroxyl groups excluding tert-OH is 2. The summed E-state index contributed by atoms with van der Waals surface area (Å²) in [6.45, 7) is 4.93. The summed E-state index contributed by atoms with van der Waals surface area (Å²) >= 11 is 0. The fourth-order valence-electron chi connectivity index (χ4n) is 8.58. The third-order valence-electron chi connectivity index (χ3n) is 12.8. The number of unbranched alkanes of at least 4 members (excludes halogenated alkanes) is 38. The first-order valence-electron chi connectivity index (χ1n) is 27.4. The Morgan fingerprint density at radius 3 is 1.16 bits per heavy atom. The fourth-order valence-corrected chi connectivity index (χ4v) is 8.58. The third-order valence-corrected chi connectivity index (χ3v) is 12.8. The molecule has 0 aliphatic carbocycles. The summed E-state index contributed by atoms with van der Waals surface area (Å²) in [5, 5.41) is 23.2. The zero-order valence-corrected chi connectivity index (χ0v) is 41.2. The zero-order chi connectivity index (χ0) is 44.4. The molecule has 0 fully saturated rings. The first kappa shape index (κ1) is 59.6. The van der Waals surface area contributed by atoms with Crippen LogP contribution in [0, 0.1) is 0 Å². The van der Waals surface area contributed by atoms with E-state index in [-0.39, 0.29) is 18.5 Å². The summed E-state index contributed by atoms with van der Waals surface area (Å²) < 4.78 is 5.47. The molecule has 0 aliphatic rings. The largest absolute Gasteiger partial charge is 0.466 e. The van der Waals surface area contributed by atoms with E-state index in [2.05, 4.69) is 31.3 Å². The van der Waals surface area contributed by atoms with Crippen LogP contribution in [0.5, 0.6) is 0 Å². The van der Waals surface area contributed by atoms with Gasteiger partial charge >= 0.3 is 5.97 Å². The highest BCUT2D eigenvalue weighted by molar-refractivity contribution is 5.76. The van der Waals surface area contributed by atoms with E-state index in [0.29, 0.717) is 25.9 Å². The monoisotopic (exact) mass is 862 g/mol. The summed E-state index contributed by atoms with van der Waals surface area (Å²) in [5.74, 6) is -0.0610. The lowest BCUT2D eigenvalue weighted by molar-refractivity contribution is -0.143. The van der Waals surface area contributed by atoms with Crippen molar-refractivity contribution in [3.05, 3.63) is 12.2 Å². The average Bonchev–Trinajstić information content (AvgIpc) is 3.26. The average molecular weight is 862 g/mol. The maximum atomic E-state index is 12.5. The molecule has 0 aromatic carbocycles. The van der Waals surface area contributed by atoms with Crippen LogP contribution >= 0.6 is 0 Å². The van der Waals surface area contributed by atoms with Gasteiger partial charge < -0.3 is 20.3 Å². The second-order valence-corrected chi connectivity index (χ2v) is 18.9. The Bertz CT molecular complexity index is 909. The van der Waals surface area contributed by atoms with Gasteiger partial charge in [0.1, 0.15) is 0 Å². The standard InChI is InChI=1S/C55H107NO5/c1-3-5-7-9-11-13-15-17-19-20-22-24-29-33-37-41-45-49-55(60)61-50-46-42-38-34-30-26-25-28-32-36-40-44-48-54(59)56-52(51-57)53(58)47-43-39-35-31-27-23-21-18-16-14-12-10-8-6-4-2/h17,19,52-53,57-58H,3-16,18,20-51H2,1-2H3,(H,56,59)/b19-17-. The number of rotatable bonds is 51. The Labute approximate surface area is 380 Å². The molecule has 61 heavy (non-hydrogen) atoms. The molecule has 0 aromatic rings. The van der Waals surface area contributed by atoms with Crippen molar-refractivity contribution >= 4 is 11.9 Å². The molecule has 2 atom stereocenters. The van der Waals surface area contributed by atoms with Crippen LogP contribution in [0.15, 0.2) is 12.2 Å². The lowest BCUT2D eigenvalue weighted by Crippen LogP contribution is -2.45. The van der Waals surface area contributed by atoms with Crippen molar-refractivity contribution in [2.45, 2.75) is 315 Å². The lowest BCUT2D eigenvalue weighted by atomic mass is 10.0. The van der Waals surface area contributed by atoms with Gasteiger partial charge in [-0.2, -0.15) is 0 Å². The number of nitrogens with one attached hydrogen (secondary N) is 1. The molecule has 0 saturated carbocycles. The second-order valence-electron chi connectivity index (χ2n) is 18.9. The molecule has 0 aliphatic heterocycles. The molecule has 0 bridgehead atoms. The number of carbonyl (C=O) groups excluding carboxylic acids is 2. The minimum atomic E-state index is -0.674. The van der Waals surface area contributed by atoms with Gasteiger partial charge in [0, 0.05) is 12.8 Å². The molecule has 0 heterocycles. The minimum absolute atomic E-state index is 0.0120. The topological polar surface area (TPSA) is 95.9 Å². The van der Waals surface area contributed by atoms with Gasteiger partial charge in [-0.15, -0.1) is 0 Å². The van der Waals surface area contributed by atoms with Crippen LogP contribution in [0.4, 0.5) is 0 Å². The number of aliphatic hydroxyl groups is 2. The highest BCUT2D eigenvalue weighted by Crippen LogP contribution is 2.17. The van der Waals surface area contributed by atoms with E-state index in [4.69, 9.17) is 4.74 Å². The molecule has 3 N–H and O–H groups in total. The number of hydrogen-bond acceptors (Lipinski definition) is 5. The van der Waals surface area contributed by atoms with Crippen LogP contribution in [-0.2, 0) is 14.3 Å². The summed E-state index contributed by atoms with van der Waals surface area (Å²) in [6.07, 6.45) is 59.0. The van der Waals surface area contributed by atoms with Crippen molar-refractivity contribution in [2.75, 3.05) is 13.2 Å². The summed E-state index contributed by atoms with van der Waals surface area (Å²) in [6, 6.07) is -0.552. The van der Waals surface area contributed by atoms with Gasteiger partial charge in [0.05, 0.1) is 25.4 Å². The van der Waals surface area contributed by atoms with Crippen LogP contribution in [-0.4, -0.2) is 47.4 Å². The molecule has 6 nitrogen and oxygen atoms in total. The van der Waals surface area contributed by atoms with E-state index in [1.165, 1.54) is 212 Å². The number of carbonyl (C=O) groups is 2. The van der Waals surface area contributed by atoms with Crippen LogP contribution in [0.2, 0.25) is 0 Å². The molecule has 1 amide bonds. The smallest absolute Gasteiger partial charge is 0.305 e. The Morgan fingerprint density at radius 1 is 0.443 bits per heavy atom. The van der Waals surface area contributed by atoms with Gasteiger partial charge in [0.15, 0.2) is 0 Å². The van der Waals surface area contributed by atoms with Crippen LogP contribution in [0.25, 0.3) is 0 Å². The van der Waals surface area contributed by atoms with E-state index >= 15 is 0 Å². The number of amides is 1. The first-order valence-corrected chi connectivity index (χ1v) is 27.4. The van der Waals surface area contributed by atoms with Gasteiger partial charge in [0.2, 0.25) is 5.91 Å². The first-order chi connectivity index (χ1) is 30.0. The van der Waals surface area contributed by atoms with Crippen molar-refractivity contribution in [3.8, 4) is 0 Å². The minimum Gasteiger partial charge on any atom is -0.466 e. The Kier molecular flexibility index (Phi) is 50.1. The third kappa shape index (κ3) is 47.9. The molecular formula is C55H107NO5. The van der Waals surface area contributed by atoms with Crippen LogP contribution in [0.1, 0.15) is 303 Å². The van der Waals surface area contributed by atoms with E-state index in [1.54, 1.807) is 0 Å². The van der Waals surface area contributed by atoms with Crippen LogP contribution in [0.3, 0.4) is 0 Å². The normalized spacial score (nSPS) is 12.7. The Hall–Kier alpha value is -1.40. The second kappa shape index (κ2) is 51.2. The van der Waals surface area contributed by atoms with Crippen molar-refractivity contribution in [1.82, 2.24) is 5.32 Å². The maximum Gasteiger partial charge on any atom is 0.305 e. The van der Waals surface area contributed by atoms with E-state index < -0.39 is 12.1 Å². The van der Waals surface area contributed by atoms with Gasteiger partial charge in [-0.3, -0.25) is 9.59 Å². The quantitative estimate of drug-likeness (QED) is 0.0322.